The van der Waals surface area contributed by atoms with Crippen LogP contribution in [0.2, 0.25) is 0 Å². The lowest BCUT2D eigenvalue weighted by atomic mass is 10.1. The zero-order valence-electron chi connectivity index (χ0n) is 17.9. The summed E-state index contributed by atoms with van der Waals surface area (Å²) in [5, 5.41) is 2.79. The zero-order valence-corrected chi connectivity index (χ0v) is 17.9. The van der Waals surface area contributed by atoms with Crippen LogP contribution in [-0.4, -0.2) is 59.2 Å². The minimum atomic E-state index is -0.407. The summed E-state index contributed by atoms with van der Waals surface area (Å²) in [6, 6.07) is 13.1. The van der Waals surface area contributed by atoms with Crippen molar-refractivity contribution in [2.45, 2.75) is 32.4 Å². The standard InChI is InChI=1S/C24H25N3O5/c1-2-32-24(31)18-9-11-19(12-10-18)25-22(29)17-7-5-16(6-8-17)14-26-15-21(28)27-13-3-4-20(27)23(26)30/h5-12,20H,2-4,13-15H2,1H3,(H,25,29)/t20-/m1/s1. The van der Waals surface area contributed by atoms with Crippen molar-refractivity contribution in [3.63, 3.8) is 0 Å². The van der Waals surface area contributed by atoms with E-state index in [0.717, 1.165) is 18.4 Å². The quantitative estimate of drug-likeness (QED) is 0.703. The number of esters is 1. The van der Waals surface area contributed by atoms with Crippen molar-refractivity contribution in [2.75, 3.05) is 25.0 Å². The molecule has 0 aromatic heterocycles. The average molecular weight is 435 g/mol. The van der Waals surface area contributed by atoms with Gasteiger partial charge in [0.05, 0.1) is 12.2 Å². The lowest BCUT2D eigenvalue weighted by molar-refractivity contribution is -0.154. The number of piperazine rings is 1. The SMILES string of the molecule is CCOC(=O)c1ccc(NC(=O)c2ccc(CN3CC(=O)N4CCC[C@@H]4C3=O)cc2)cc1. The first kappa shape index (κ1) is 21.5. The predicted molar refractivity (Wildman–Crippen MR) is 117 cm³/mol. The Morgan fingerprint density at radius 1 is 1.03 bits per heavy atom. The number of anilines is 1. The number of amides is 3. The summed E-state index contributed by atoms with van der Waals surface area (Å²) in [7, 11) is 0. The number of ether oxygens (including phenoxy) is 1. The molecule has 32 heavy (non-hydrogen) atoms. The topological polar surface area (TPSA) is 96.0 Å². The number of hydrogen-bond donors (Lipinski definition) is 1. The molecule has 2 aromatic rings. The third-order valence-electron chi connectivity index (χ3n) is 5.74. The molecule has 2 aromatic carbocycles. The average Bonchev–Trinajstić information content (AvgIpc) is 3.29. The fourth-order valence-corrected chi connectivity index (χ4v) is 4.09. The fourth-order valence-electron chi connectivity index (χ4n) is 4.09. The van der Waals surface area contributed by atoms with Crippen LogP contribution in [-0.2, 0) is 20.9 Å². The Morgan fingerprint density at radius 3 is 2.41 bits per heavy atom. The molecule has 0 saturated carbocycles. The molecule has 0 spiro atoms. The van der Waals surface area contributed by atoms with Crippen molar-refractivity contribution in [1.82, 2.24) is 9.80 Å². The van der Waals surface area contributed by atoms with E-state index in [2.05, 4.69) is 5.32 Å². The lowest BCUT2D eigenvalue weighted by Crippen LogP contribution is -2.56. The molecule has 8 nitrogen and oxygen atoms in total. The highest BCUT2D eigenvalue weighted by atomic mass is 16.5. The fraction of sp³-hybridized carbons (Fsp3) is 0.333. The van der Waals surface area contributed by atoms with Gasteiger partial charge in [-0.05, 0) is 61.7 Å². The molecule has 0 aliphatic carbocycles. The highest BCUT2D eigenvalue weighted by Gasteiger charge is 2.41. The van der Waals surface area contributed by atoms with E-state index in [9.17, 15) is 19.2 Å². The van der Waals surface area contributed by atoms with Gasteiger partial charge in [0.2, 0.25) is 11.8 Å². The van der Waals surface area contributed by atoms with Crippen LogP contribution in [0.4, 0.5) is 5.69 Å². The molecule has 1 atom stereocenters. The first-order chi connectivity index (χ1) is 15.5. The molecule has 2 aliphatic heterocycles. The van der Waals surface area contributed by atoms with Crippen LogP contribution in [0.25, 0.3) is 0 Å². The Morgan fingerprint density at radius 2 is 1.72 bits per heavy atom. The largest absolute Gasteiger partial charge is 0.462 e. The van der Waals surface area contributed by atoms with Crippen LogP contribution in [0.1, 0.15) is 46.0 Å². The number of benzene rings is 2. The van der Waals surface area contributed by atoms with Crippen LogP contribution >= 0.6 is 0 Å². The van der Waals surface area contributed by atoms with Gasteiger partial charge in [0, 0.05) is 24.3 Å². The van der Waals surface area contributed by atoms with Crippen LogP contribution in [0.15, 0.2) is 48.5 Å². The summed E-state index contributed by atoms with van der Waals surface area (Å²) in [6.07, 6.45) is 1.59. The van der Waals surface area contributed by atoms with Crippen LogP contribution in [0.3, 0.4) is 0 Å². The molecule has 3 amide bonds. The molecule has 0 unspecified atom stereocenters. The Labute approximate surface area is 186 Å². The summed E-state index contributed by atoms with van der Waals surface area (Å²) in [6.45, 7) is 3.14. The number of nitrogens with one attached hydrogen (secondary N) is 1. The van der Waals surface area contributed by atoms with E-state index in [0.29, 0.717) is 36.5 Å². The smallest absolute Gasteiger partial charge is 0.338 e. The third-order valence-corrected chi connectivity index (χ3v) is 5.74. The minimum absolute atomic E-state index is 0.00271. The molecule has 2 saturated heterocycles. The molecule has 8 heteroatoms. The van der Waals surface area contributed by atoms with Crippen molar-refractivity contribution in [3.05, 3.63) is 65.2 Å². The number of nitrogens with zero attached hydrogens (tertiary/aromatic N) is 2. The van der Waals surface area contributed by atoms with Gasteiger partial charge in [-0.1, -0.05) is 12.1 Å². The Bertz CT molecular complexity index is 1030. The van der Waals surface area contributed by atoms with Gasteiger partial charge in [-0.3, -0.25) is 14.4 Å². The number of fused-ring (bicyclic) bond motifs is 1. The summed E-state index contributed by atoms with van der Waals surface area (Å²) < 4.78 is 4.95. The van der Waals surface area contributed by atoms with E-state index in [-0.39, 0.29) is 30.3 Å². The van der Waals surface area contributed by atoms with Crippen molar-refractivity contribution in [3.8, 4) is 0 Å². The Kier molecular flexibility index (Phi) is 6.20. The molecule has 0 bridgehead atoms. The van der Waals surface area contributed by atoms with Crippen molar-refractivity contribution in [2.24, 2.45) is 0 Å². The second-order valence-corrected chi connectivity index (χ2v) is 7.89. The summed E-state index contributed by atoms with van der Waals surface area (Å²) in [5.41, 5.74) is 2.30. The van der Waals surface area contributed by atoms with E-state index < -0.39 is 5.97 Å². The number of carbonyl (C=O) groups excluding carboxylic acids is 4. The maximum Gasteiger partial charge on any atom is 0.338 e. The van der Waals surface area contributed by atoms with Crippen LogP contribution in [0, 0.1) is 0 Å². The second-order valence-electron chi connectivity index (χ2n) is 7.89. The number of rotatable bonds is 6. The maximum atomic E-state index is 12.7. The minimum Gasteiger partial charge on any atom is -0.462 e. The molecule has 2 heterocycles. The molecule has 0 radical (unpaired) electrons. The van der Waals surface area contributed by atoms with E-state index in [4.69, 9.17) is 4.74 Å². The Balaban J connectivity index is 1.36. The van der Waals surface area contributed by atoms with Gasteiger partial charge >= 0.3 is 5.97 Å². The number of hydrogen-bond acceptors (Lipinski definition) is 5. The van der Waals surface area contributed by atoms with Crippen LogP contribution < -0.4 is 5.32 Å². The van der Waals surface area contributed by atoms with Gasteiger partial charge < -0.3 is 19.9 Å². The van der Waals surface area contributed by atoms with Crippen molar-refractivity contribution < 1.29 is 23.9 Å². The van der Waals surface area contributed by atoms with Gasteiger partial charge in [-0.25, -0.2) is 4.79 Å². The molecule has 166 valence electrons. The summed E-state index contributed by atoms with van der Waals surface area (Å²) >= 11 is 0. The Hall–Kier alpha value is -3.68. The van der Waals surface area contributed by atoms with Gasteiger partial charge in [0.25, 0.3) is 5.91 Å². The predicted octanol–water partition coefficient (Wildman–Crippen LogP) is 2.45. The molecular weight excluding hydrogens is 410 g/mol. The highest BCUT2D eigenvalue weighted by molar-refractivity contribution is 6.04. The monoisotopic (exact) mass is 435 g/mol. The molecule has 1 N–H and O–H groups in total. The van der Waals surface area contributed by atoms with E-state index in [1.165, 1.54) is 0 Å². The number of carbonyl (C=O) groups is 4. The first-order valence-electron chi connectivity index (χ1n) is 10.7. The molecule has 2 fully saturated rings. The highest BCUT2D eigenvalue weighted by Crippen LogP contribution is 2.24. The van der Waals surface area contributed by atoms with E-state index in [1.54, 1.807) is 65.3 Å². The van der Waals surface area contributed by atoms with Crippen LogP contribution in [0.5, 0.6) is 0 Å². The van der Waals surface area contributed by atoms with E-state index >= 15 is 0 Å². The van der Waals surface area contributed by atoms with Crippen molar-refractivity contribution in [1.29, 1.82) is 0 Å². The van der Waals surface area contributed by atoms with Gasteiger partial charge in [0.15, 0.2) is 0 Å². The lowest BCUT2D eigenvalue weighted by Gasteiger charge is -2.36. The van der Waals surface area contributed by atoms with Crippen molar-refractivity contribution >= 4 is 29.4 Å². The summed E-state index contributed by atoms with van der Waals surface area (Å²) in [4.78, 5) is 52.5. The zero-order chi connectivity index (χ0) is 22.7. The normalized spacial score (nSPS) is 17.8. The molecule has 4 rings (SSSR count). The van der Waals surface area contributed by atoms with Gasteiger partial charge in [-0.15, -0.1) is 0 Å². The summed E-state index contributed by atoms with van der Waals surface area (Å²) in [5.74, 6) is -0.700. The first-order valence-corrected chi connectivity index (χ1v) is 10.7. The van der Waals surface area contributed by atoms with E-state index in [1.807, 2.05) is 0 Å². The maximum absolute atomic E-state index is 12.7. The molecular formula is C24H25N3O5. The third kappa shape index (κ3) is 4.49. The molecule has 2 aliphatic rings. The van der Waals surface area contributed by atoms with Gasteiger partial charge in [-0.2, -0.15) is 0 Å². The second kappa shape index (κ2) is 9.21. The van der Waals surface area contributed by atoms with Gasteiger partial charge in [0.1, 0.15) is 12.6 Å².